The molecule has 2 aromatic rings. The fourth-order valence-corrected chi connectivity index (χ4v) is 6.52. The number of thiazole rings is 1. The van der Waals surface area contributed by atoms with Crippen molar-refractivity contribution in [1.29, 1.82) is 0 Å². The molecule has 1 N–H and O–H groups in total. The van der Waals surface area contributed by atoms with E-state index in [0.717, 1.165) is 40.5 Å². The van der Waals surface area contributed by atoms with Crippen LogP contribution in [0.15, 0.2) is 30.3 Å². The molecule has 2 amide bonds. The maximum atomic E-state index is 13.2. The molecule has 1 aliphatic carbocycles. The van der Waals surface area contributed by atoms with E-state index < -0.39 is 0 Å². The zero-order chi connectivity index (χ0) is 24.8. The lowest BCUT2D eigenvalue weighted by atomic mass is 9.85. The number of aryl methyl sites for hydroxylation is 1. The summed E-state index contributed by atoms with van der Waals surface area (Å²) in [6.45, 7) is 6.98. The van der Waals surface area contributed by atoms with Crippen LogP contribution in [-0.2, 0) is 4.79 Å². The number of piperidine rings is 1. The molecule has 1 saturated carbocycles. The van der Waals surface area contributed by atoms with Crippen molar-refractivity contribution in [2.75, 3.05) is 33.2 Å². The summed E-state index contributed by atoms with van der Waals surface area (Å²) in [6.07, 6.45) is 8.32. The van der Waals surface area contributed by atoms with Gasteiger partial charge in [0.25, 0.3) is 5.91 Å². The number of aromatic nitrogens is 1. The first kappa shape index (κ1) is 25.8. The maximum absolute atomic E-state index is 13.2. The van der Waals surface area contributed by atoms with Gasteiger partial charge in [-0.25, -0.2) is 4.98 Å². The molecular weight excluding hydrogens is 456 g/mol. The maximum Gasteiger partial charge on any atom is 0.265 e. The molecule has 1 atom stereocenters. The third-order valence-electron chi connectivity index (χ3n) is 7.92. The molecule has 1 aliphatic heterocycles. The van der Waals surface area contributed by atoms with Gasteiger partial charge < -0.3 is 15.1 Å². The highest BCUT2D eigenvalue weighted by Crippen LogP contribution is 2.31. The third-order valence-corrected chi connectivity index (χ3v) is 9.12. The lowest BCUT2D eigenvalue weighted by Crippen LogP contribution is -2.44. The van der Waals surface area contributed by atoms with Crippen LogP contribution in [0.2, 0.25) is 0 Å². The molecule has 2 fully saturated rings. The van der Waals surface area contributed by atoms with Gasteiger partial charge in [0.15, 0.2) is 0 Å². The molecule has 0 unspecified atom stereocenters. The van der Waals surface area contributed by atoms with Crippen molar-refractivity contribution in [3.63, 3.8) is 0 Å². The monoisotopic (exact) mass is 496 g/mol. The SMILES string of the molecule is Cc1nc(-c2ccccc2)sc1C(=O)N1CCC([C@H](C)C(=O)NCCN(C)C2CCCCC2)CC1. The van der Waals surface area contributed by atoms with Crippen molar-refractivity contribution in [1.82, 2.24) is 20.1 Å². The van der Waals surface area contributed by atoms with Crippen molar-refractivity contribution in [2.24, 2.45) is 11.8 Å². The van der Waals surface area contributed by atoms with Gasteiger partial charge in [0.1, 0.15) is 9.88 Å². The molecule has 1 saturated heterocycles. The Kier molecular flexibility index (Phi) is 8.95. The molecule has 0 spiro atoms. The summed E-state index contributed by atoms with van der Waals surface area (Å²) in [7, 11) is 2.19. The second kappa shape index (κ2) is 12.1. The number of likely N-dealkylation sites (N-methyl/N-ethyl adjacent to an activating group) is 1. The van der Waals surface area contributed by atoms with Gasteiger partial charge in [-0.2, -0.15) is 0 Å². The van der Waals surface area contributed by atoms with Crippen molar-refractivity contribution in [2.45, 2.75) is 64.8 Å². The highest BCUT2D eigenvalue weighted by Gasteiger charge is 2.31. The van der Waals surface area contributed by atoms with Gasteiger partial charge in [-0.05, 0) is 45.6 Å². The van der Waals surface area contributed by atoms with E-state index >= 15 is 0 Å². The number of nitrogens with zero attached hydrogens (tertiary/aromatic N) is 3. The number of amides is 2. The lowest BCUT2D eigenvalue weighted by molar-refractivity contribution is -0.126. The Labute approximate surface area is 214 Å². The highest BCUT2D eigenvalue weighted by molar-refractivity contribution is 7.17. The number of carbonyl (C=O) groups is 2. The van der Waals surface area contributed by atoms with Crippen molar-refractivity contribution >= 4 is 23.2 Å². The van der Waals surface area contributed by atoms with E-state index in [1.54, 1.807) is 0 Å². The van der Waals surface area contributed by atoms with Crippen molar-refractivity contribution in [3.8, 4) is 10.6 Å². The van der Waals surface area contributed by atoms with E-state index in [1.165, 1.54) is 43.4 Å². The Bertz CT molecular complexity index is 978. The zero-order valence-electron chi connectivity index (χ0n) is 21.5. The predicted octanol–water partition coefficient (Wildman–Crippen LogP) is 4.99. The van der Waals surface area contributed by atoms with Gasteiger partial charge in [0.05, 0.1) is 5.69 Å². The zero-order valence-corrected chi connectivity index (χ0v) is 22.3. The van der Waals surface area contributed by atoms with Gasteiger partial charge in [-0.1, -0.05) is 56.5 Å². The second-order valence-electron chi connectivity index (χ2n) is 10.3. The van der Waals surface area contributed by atoms with Crippen molar-refractivity contribution in [3.05, 3.63) is 40.9 Å². The van der Waals surface area contributed by atoms with Gasteiger partial charge in [-0.3, -0.25) is 9.59 Å². The minimum Gasteiger partial charge on any atom is -0.355 e. The lowest BCUT2D eigenvalue weighted by Gasteiger charge is -2.34. The Morgan fingerprint density at radius 2 is 1.80 bits per heavy atom. The molecule has 2 aliphatic rings. The summed E-state index contributed by atoms with van der Waals surface area (Å²) >= 11 is 1.48. The second-order valence-corrected chi connectivity index (χ2v) is 11.3. The van der Waals surface area contributed by atoms with E-state index in [0.29, 0.717) is 31.6 Å². The largest absolute Gasteiger partial charge is 0.355 e. The van der Waals surface area contributed by atoms with Gasteiger partial charge in [-0.15, -0.1) is 11.3 Å². The summed E-state index contributed by atoms with van der Waals surface area (Å²) in [5, 5.41) is 4.06. The molecule has 1 aromatic carbocycles. The van der Waals surface area contributed by atoms with Crippen LogP contribution in [0, 0.1) is 18.8 Å². The summed E-state index contributed by atoms with van der Waals surface area (Å²) in [6, 6.07) is 10.7. The summed E-state index contributed by atoms with van der Waals surface area (Å²) in [5.41, 5.74) is 1.84. The first-order valence-electron chi connectivity index (χ1n) is 13.2. The van der Waals surface area contributed by atoms with Crippen LogP contribution in [0.3, 0.4) is 0 Å². The molecular formula is C28H40N4O2S. The highest BCUT2D eigenvalue weighted by atomic mass is 32.1. The van der Waals surface area contributed by atoms with Crippen molar-refractivity contribution < 1.29 is 9.59 Å². The van der Waals surface area contributed by atoms with E-state index in [2.05, 4.69) is 22.2 Å². The Hall–Kier alpha value is -2.25. The van der Waals surface area contributed by atoms with Gasteiger partial charge >= 0.3 is 0 Å². The van der Waals surface area contributed by atoms with Crippen LogP contribution < -0.4 is 5.32 Å². The van der Waals surface area contributed by atoms with E-state index in [1.807, 2.05) is 49.1 Å². The minimum absolute atomic E-state index is 0.0259. The van der Waals surface area contributed by atoms with Gasteiger partial charge in [0, 0.05) is 43.7 Å². The quantitative estimate of drug-likeness (QED) is 0.559. The van der Waals surface area contributed by atoms with Crippen LogP contribution in [0.5, 0.6) is 0 Å². The average Bonchev–Trinajstić information content (AvgIpc) is 3.30. The minimum atomic E-state index is -0.0259. The average molecular weight is 497 g/mol. The fourth-order valence-electron chi connectivity index (χ4n) is 5.48. The fraction of sp³-hybridized carbons (Fsp3) is 0.607. The molecule has 0 bridgehead atoms. The summed E-state index contributed by atoms with van der Waals surface area (Å²) < 4.78 is 0. The predicted molar refractivity (Wildman–Crippen MR) is 143 cm³/mol. The van der Waals surface area contributed by atoms with Crippen LogP contribution in [0.4, 0.5) is 0 Å². The smallest absolute Gasteiger partial charge is 0.265 e. The molecule has 35 heavy (non-hydrogen) atoms. The topological polar surface area (TPSA) is 65.5 Å². The van der Waals surface area contributed by atoms with E-state index in [9.17, 15) is 9.59 Å². The third kappa shape index (κ3) is 6.50. The molecule has 6 nitrogen and oxygen atoms in total. The Balaban J connectivity index is 1.23. The van der Waals surface area contributed by atoms with E-state index in [-0.39, 0.29) is 17.7 Å². The summed E-state index contributed by atoms with van der Waals surface area (Å²) in [4.78, 5) is 35.8. The summed E-state index contributed by atoms with van der Waals surface area (Å²) in [5.74, 6) is 0.515. The number of rotatable bonds is 8. The van der Waals surface area contributed by atoms with Crippen LogP contribution in [0.1, 0.15) is 67.2 Å². The standard InChI is InChI=1S/C28H40N4O2S/c1-20(26(33)29-16-19-31(3)24-12-8-5-9-13-24)22-14-17-32(18-15-22)28(34)25-21(2)30-27(35-25)23-10-6-4-7-11-23/h4,6-7,10-11,20,22,24H,5,8-9,12-19H2,1-3H3,(H,29,33)/t20-/m0/s1. The molecule has 7 heteroatoms. The normalized spacial score (nSPS) is 18.6. The first-order valence-corrected chi connectivity index (χ1v) is 14.1. The molecule has 1 aromatic heterocycles. The number of likely N-dealkylation sites (tertiary alicyclic amines) is 1. The van der Waals surface area contributed by atoms with Gasteiger partial charge in [0.2, 0.25) is 5.91 Å². The van der Waals surface area contributed by atoms with Crippen LogP contribution in [-0.4, -0.2) is 65.9 Å². The molecule has 2 heterocycles. The number of hydrogen-bond donors (Lipinski definition) is 1. The van der Waals surface area contributed by atoms with Crippen LogP contribution >= 0.6 is 11.3 Å². The molecule has 190 valence electrons. The number of carbonyl (C=O) groups excluding carboxylic acids is 2. The first-order chi connectivity index (χ1) is 16.9. The number of nitrogens with one attached hydrogen (secondary N) is 1. The Morgan fingerprint density at radius 3 is 2.49 bits per heavy atom. The molecule has 4 rings (SSSR count). The van der Waals surface area contributed by atoms with Crippen LogP contribution in [0.25, 0.3) is 10.6 Å². The number of benzene rings is 1. The van der Waals surface area contributed by atoms with E-state index in [4.69, 9.17) is 0 Å². The Morgan fingerprint density at radius 1 is 1.11 bits per heavy atom. The molecule has 0 radical (unpaired) electrons. The number of hydrogen-bond acceptors (Lipinski definition) is 5.